The zero-order valence-electron chi connectivity index (χ0n) is 12.6. The molecule has 1 aromatic rings. The van der Waals surface area contributed by atoms with E-state index in [-0.39, 0.29) is 6.04 Å². The quantitative estimate of drug-likeness (QED) is 0.884. The summed E-state index contributed by atoms with van der Waals surface area (Å²) in [6.45, 7) is 9.18. The summed E-state index contributed by atoms with van der Waals surface area (Å²) in [6.07, 6.45) is 5.06. The van der Waals surface area contributed by atoms with Gasteiger partial charge in [0.25, 0.3) is 0 Å². The molecule has 0 spiro atoms. The number of aryl methyl sites for hydroxylation is 1. The van der Waals surface area contributed by atoms with Crippen LogP contribution in [0.5, 0.6) is 0 Å². The smallest absolute Gasteiger partial charge is 0.0596 e. The van der Waals surface area contributed by atoms with Crippen LogP contribution in [-0.4, -0.2) is 24.0 Å². The van der Waals surface area contributed by atoms with Crippen LogP contribution in [0.15, 0.2) is 11.4 Å². The van der Waals surface area contributed by atoms with Crippen molar-refractivity contribution in [3.05, 3.63) is 21.9 Å². The largest absolute Gasteiger partial charge is 0.326 e. The Bertz CT molecular complexity index is 380. The van der Waals surface area contributed by atoms with E-state index in [1.54, 1.807) is 0 Å². The number of hydrogen-bond acceptors (Lipinski definition) is 3. The lowest BCUT2D eigenvalue weighted by Crippen LogP contribution is -2.44. The Balaban J connectivity index is 2.13. The predicted molar refractivity (Wildman–Crippen MR) is 84.7 cm³/mol. The van der Waals surface area contributed by atoms with Gasteiger partial charge in [-0.15, -0.1) is 11.3 Å². The molecule has 1 saturated heterocycles. The molecule has 2 N–H and O–H groups in total. The molecule has 3 heteroatoms. The molecule has 2 heterocycles. The second-order valence-corrected chi connectivity index (χ2v) is 6.82. The second-order valence-electron chi connectivity index (χ2n) is 5.87. The molecule has 2 nitrogen and oxygen atoms in total. The van der Waals surface area contributed by atoms with E-state index in [2.05, 4.69) is 37.1 Å². The van der Waals surface area contributed by atoms with Crippen LogP contribution in [-0.2, 0) is 0 Å². The van der Waals surface area contributed by atoms with Crippen LogP contribution in [0.1, 0.15) is 56.0 Å². The Labute approximate surface area is 122 Å². The van der Waals surface area contributed by atoms with E-state index in [1.807, 2.05) is 11.3 Å². The van der Waals surface area contributed by atoms with Crippen molar-refractivity contribution in [3.63, 3.8) is 0 Å². The van der Waals surface area contributed by atoms with Crippen LogP contribution in [0.3, 0.4) is 0 Å². The van der Waals surface area contributed by atoms with Crippen molar-refractivity contribution in [3.8, 4) is 0 Å². The summed E-state index contributed by atoms with van der Waals surface area (Å²) in [4.78, 5) is 4.13. The maximum atomic E-state index is 6.44. The Morgan fingerprint density at radius 1 is 1.37 bits per heavy atom. The minimum absolute atomic E-state index is 0.260. The van der Waals surface area contributed by atoms with E-state index in [9.17, 15) is 0 Å². The van der Waals surface area contributed by atoms with E-state index in [0.29, 0.717) is 6.04 Å². The molecule has 2 unspecified atom stereocenters. The monoisotopic (exact) mass is 280 g/mol. The van der Waals surface area contributed by atoms with E-state index in [4.69, 9.17) is 5.73 Å². The number of likely N-dealkylation sites (tertiary alicyclic amines) is 1. The summed E-state index contributed by atoms with van der Waals surface area (Å²) in [5.74, 6) is 0.930. The Kier molecular flexibility index (Phi) is 5.43. The Morgan fingerprint density at radius 3 is 2.53 bits per heavy atom. The van der Waals surface area contributed by atoms with Crippen LogP contribution in [0.2, 0.25) is 0 Å². The second kappa shape index (κ2) is 6.87. The third-order valence-electron chi connectivity index (χ3n) is 4.67. The molecule has 0 aromatic carbocycles. The fourth-order valence-electron chi connectivity index (χ4n) is 3.18. The fraction of sp³-hybridized carbons (Fsp3) is 0.750. The summed E-state index contributed by atoms with van der Waals surface area (Å²) < 4.78 is 0. The van der Waals surface area contributed by atoms with Crippen molar-refractivity contribution in [2.45, 2.75) is 58.5 Å². The normalized spacial score (nSPS) is 21.5. The number of hydrogen-bond donors (Lipinski definition) is 1. The molecule has 1 aliphatic rings. The maximum absolute atomic E-state index is 6.44. The molecular weight excluding hydrogens is 252 g/mol. The molecule has 2 rings (SSSR count). The topological polar surface area (TPSA) is 29.3 Å². The molecule has 1 aromatic heterocycles. The van der Waals surface area contributed by atoms with Gasteiger partial charge in [-0.1, -0.05) is 20.3 Å². The zero-order valence-corrected chi connectivity index (χ0v) is 13.4. The number of nitrogens with two attached hydrogens (primary N) is 1. The van der Waals surface area contributed by atoms with Crippen molar-refractivity contribution in [1.82, 2.24) is 4.90 Å². The lowest BCUT2D eigenvalue weighted by atomic mass is 9.91. The van der Waals surface area contributed by atoms with Gasteiger partial charge in [0.2, 0.25) is 0 Å². The van der Waals surface area contributed by atoms with E-state index in [0.717, 1.165) is 12.3 Å². The summed E-state index contributed by atoms with van der Waals surface area (Å²) in [5.41, 5.74) is 7.85. The fourth-order valence-corrected chi connectivity index (χ4v) is 4.32. The number of piperidine rings is 1. The van der Waals surface area contributed by atoms with Crippen LogP contribution in [0.25, 0.3) is 0 Å². The average Bonchev–Trinajstić information content (AvgIpc) is 2.86. The van der Waals surface area contributed by atoms with Gasteiger partial charge in [-0.05, 0) is 62.2 Å². The highest BCUT2D eigenvalue weighted by Gasteiger charge is 2.30. The first-order chi connectivity index (χ1) is 9.17. The average molecular weight is 280 g/mol. The lowest BCUT2D eigenvalue weighted by Gasteiger charge is -2.39. The molecule has 0 aliphatic carbocycles. The molecule has 1 aliphatic heterocycles. The summed E-state index contributed by atoms with van der Waals surface area (Å²) in [6, 6.07) is 2.92. The third kappa shape index (κ3) is 3.39. The third-order valence-corrected chi connectivity index (χ3v) is 5.76. The molecule has 1 fully saturated rings. The van der Waals surface area contributed by atoms with Gasteiger partial charge in [-0.3, -0.25) is 4.90 Å². The van der Waals surface area contributed by atoms with Crippen molar-refractivity contribution in [2.24, 2.45) is 11.7 Å². The van der Waals surface area contributed by atoms with Gasteiger partial charge < -0.3 is 5.73 Å². The maximum Gasteiger partial charge on any atom is 0.0596 e. The minimum Gasteiger partial charge on any atom is -0.326 e. The molecule has 0 saturated carbocycles. The first kappa shape index (κ1) is 15.0. The predicted octanol–water partition coefficient (Wildman–Crippen LogP) is 3.96. The number of rotatable bonds is 5. The number of thiophene rings is 1. The van der Waals surface area contributed by atoms with Gasteiger partial charge in [0.15, 0.2) is 0 Å². The van der Waals surface area contributed by atoms with Crippen LogP contribution < -0.4 is 5.73 Å². The van der Waals surface area contributed by atoms with E-state index in [1.165, 1.54) is 42.8 Å². The molecule has 19 heavy (non-hydrogen) atoms. The standard InChI is InChI=1S/C16H28N2S/c1-4-13-6-9-18(10-7-13)15(14(17)5-2)16-12(3)8-11-19-16/h8,11,13-15H,4-7,9-10,17H2,1-3H3. The Morgan fingerprint density at radius 2 is 2.05 bits per heavy atom. The van der Waals surface area contributed by atoms with E-state index < -0.39 is 0 Å². The van der Waals surface area contributed by atoms with E-state index >= 15 is 0 Å². The van der Waals surface area contributed by atoms with Crippen LogP contribution in [0.4, 0.5) is 0 Å². The molecule has 0 radical (unpaired) electrons. The first-order valence-corrected chi connectivity index (χ1v) is 8.58. The van der Waals surface area contributed by atoms with Crippen molar-refractivity contribution < 1.29 is 0 Å². The minimum atomic E-state index is 0.260. The zero-order chi connectivity index (χ0) is 13.8. The summed E-state index contributed by atoms with van der Waals surface area (Å²) in [5, 5.41) is 2.21. The molecular formula is C16H28N2S. The van der Waals surface area contributed by atoms with Crippen molar-refractivity contribution in [2.75, 3.05) is 13.1 Å². The van der Waals surface area contributed by atoms with Crippen molar-refractivity contribution in [1.29, 1.82) is 0 Å². The molecule has 108 valence electrons. The molecule has 0 amide bonds. The highest BCUT2D eigenvalue weighted by Crippen LogP contribution is 2.34. The lowest BCUT2D eigenvalue weighted by molar-refractivity contribution is 0.114. The first-order valence-electron chi connectivity index (χ1n) is 7.71. The highest BCUT2D eigenvalue weighted by atomic mass is 32.1. The van der Waals surface area contributed by atoms with Gasteiger partial charge in [-0.2, -0.15) is 0 Å². The summed E-state index contributed by atoms with van der Waals surface area (Å²) in [7, 11) is 0. The SMILES string of the molecule is CCC1CCN(C(c2sccc2C)C(N)CC)CC1. The van der Waals surface area contributed by atoms with Gasteiger partial charge in [0.05, 0.1) is 6.04 Å². The van der Waals surface area contributed by atoms with Gasteiger partial charge >= 0.3 is 0 Å². The molecule has 0 bridgehead atoms. The van der Waals surface area contributed by atoms with Gasteiger partial charge in [0.1, 0.15) is 0 Å². The van der Waals surface area contributed by atoms with Gasteiger partial charge in [-0.25, -0.2) is 0 Å². The van der Waals surface area contributed by atoms with Crippen LogP contribution >= 0.6 is 11.3 Å². The van der Waals surface area contributed by atoms with Gasteiger partial charge in [0, 0.05) is 10.9 Å². The number of nitrogens with zero attached hydrogens (tertiary/aromatic N) is 1. The van der Waals surface area contributed by atoms with Crippen molar-refractivity contribution >= 4 is 11.3 Å². The Hall–Kier alpha value is -0.380. The summed E-state index contributed by atoms with van der Waals surface area (Å²) >= 11 is 1.88. The molecule has 2 atom stereocenters. The highest BCUT2D eigenvalue weighted by molar-refractivity contribution is 7.10. The van der Waals surface area contributed by atoms with Crippen LogP contribution in [0, 0.1) is 12.8 Å².